The van der Waals surface area contributed by atoms with Crippen LogP contribution in [-0.2, 0) is 16.0 Å². The number of amides is 1. The van der Waals surface area contributed by atoms with Crippen molar-refractivity contribution in [1.29, 1.82) is 0 Å². The predicted molar refractivity (Wildman–Crippen MR) is 146 cm³/mol. The highest BCUT2D eigenvalue weighted by Gasteiger charge is 2.42. The topological polar surface area (TPSA) is 68.3 Å². The van der Waals surface area contributed by atoms with Gasteiger partial charge in [-0.05, 0) is 97.8 Å². The number of pyridine rings is 1. The maximum absolute atomic E-state index is 13.4. The molecule has 3 aromatic rings. The maximum atomic E-state index is 13.4. The molecule has 1 aromatic heterocycles. The van der Waals surface area contributed by atoms with Gasteiger partial charge in [0.25, 0.3) is 5.91 Å². The quantitative estimate of drug-likeness (QED) is 0.383. The Morgan fingerprint density at radius 2 is 1.92 bits per heavy atom. The van der Waals surface area contributed by atoms with Gasteiger partial charge < -0.3 is 10.1 Å². The lowest BCUT2D eigenvalue weighted by molar-refractivity contribution is -0.125. The molecule has 2 aromatic carbocycles. The van der Waals surface area contributed by atoms with Crippen LogP contribution in [0.25, 0.3) is 22.6 Å². The van der Waals surface area contributed by atoms with E-state index in [9.17, 15) is 9.59 Å². The molecule has 6 rings (SSSR count). The molecule has 37 heavy (non-hydrogen) atoms. The summed E-state index contributed by atoms with van der Waals surface area (Å²) in [5, 5.41) is 4.54. The first kappa shape index (κ1) is 24.2. The van der Waals surface area contributed by atoms with E-state index in [1.807, 2.05) is 48.5 Å². The van der Waals surface area contributed by atoms with Crippen LogP contribution < -0.4 is 5.32 Å². The second-order valence-corrected chi connectivity index (χ2v) is 11.3. The Morgan fingerprint density at radius 3 is 2.68 bits per heavy atom. The minimum Gasteiger partial charge on any atom is -0.452 e. The van der Waals surface area contributed by atoms with Crippen molar-refractivity contribution in [3.8, 4) is 0 Å². The summed E-state index contributed by atoms with van der Waals surface area (Å²) in [7, 11) is 0. The number of esters is 1. The van der Waals surface area contributed by atoms with E-state index < -0.39 is 5.97 Å². The number of benzene rings is 2. The lowest BCUT2D eigenvalue weighted by atomic mass is 9.84. The zero-order chi connectivity index (χ0) is 25.5. The molecular weight excluding hydrogens is 484 g/mol. The summed E-state index contributed by atoms with van der Waals surface area (Å²) in [5.41, 5.74) is 5.09. The largest absolute Gasteiger partial charge is 0.452 e. The van der Waals surface area contributed by atoms with Crippen molar-refractivity contribution in [2.45, 2.75) is 51.5 Å². The van der Waals surface area contributed by atoms with Crippen LogP contribution in [0.5, 0.6) is 0 Å². The fourth-order valence-electron chi connectivity index (χ4n) is 6.78. The molecule has 190 valence electrons. The summed E-state index contributed by atoms with van der Waals surface area (Å²) in [6, 6.07) is 15.4. The van der Waals surface area contributed by atoms with Crippen molar-refractivity contribution >= 4 is 46.0 Å². The molecule has 1 heterocycles. The molecule has 2 bridgehead atoms. The number of nitrogens with one attached hydrogen (secondary N) is 1. The highest BCUT2D eigenvalue weighted by atomic mass is 35.5. The first-order chi connectivity index (χ1) is 18.0. The van der Waals surface area contributed by atoms with Gasteiger partial charge in [0.15, 0.2) is 6.61 Å². The second-order valence-electron chi connectivity index (χ2n) is 10.8. The molecule has 0 aliphatic heterocycles. The van der Waals surface area contributed by atoms with E-state index >= 15 is 0 Å². The number of nitrogens with zero attached hydrogens (tertiary/aromatic N) is 1. The van der Waals surface area contributed by atoms with Crippen LogP contribution in [-0.4, -0.2) is 29.5 Å². The summed E-state index contributed by atoms with van der Waals surface area (Å²) in [6.07, 6.45) is 8.69. The van der Waals surface area contributed by atoms with Crippen LogP contribution in [0.15, 0.2) is 48.5 Å². The standard InChI is InChI=1S/C31H31ClN2O3/c1-18(26-16-20-6-9-21(26)15-20)33-28(35)17-37-31(36)29-24-4-2-3-5-27(24)34-30-22(10-13-25(29)30)14-19-7-11-23(32)12-8-19/h2-5,7-8,11-12,14,18,20-21,26H,6,9-10,13,15-17H2,1H3,(H,33,35)/b22-14+. The molecule has 0 spiro atoms. The van der Waals surface area contributed by atoms with Crippen LogP contribution in [0.3, 0.4) is 0 Å². The molecule has 1 N–H and O–H groups in total. The van der Waals surface area contributed by atoms with Gasteiger partial charge in [-0.1, -0.05) is 48.4 Å². The van der Waals surface area contributed by atoms with Gasteiger partial charge in [-0.25, -0.2) is 9.78 Å². The highest BCUT2D eigenvalue weighted by molar-refractivity contribution is 6.30. The minimum absolute atomic E-state index is 0.105. The molecule has 2 fully saturated rings. The monoisotopic (exact) mass is 514 g/mol. The zero-order valence-corrected chi connectivity index (χ0v) is 21.8. The Hall–Kier alpha value is -3.18. The average molecular weight is 515 g/mol. The van der Waals surface area contributed by atoms with Crippen molar-refractivity contribution in [2.24, 2.45) is 17.8 Å². The van der Waals surface area contributed by atoms with Crippen LogP contribution in [0, 0.1) is 17.8 Å². The van der Waals surface area contributed by atoms with E-state index in [4.69, 9.17) is 21.3 Å². The molecule has 0 saturated heterocycles. The van der Waals surface area contributed by atoms with E-state index in [0.717, 1.165) is 51.6 Å². The highest BCUT2D eigenvalue weighted by Crippen LogP contribution is 2.49. The number of carbonyl (C=O) groups excluding carboxylic acids is 2. The number of para-hydroxylation sites is 1. The van der Waals surface area contributed by atoms with Gasteiger partial charge in [0, 0.05) is 16.5 Å². The van der Waals surface area contributed by atoms with E-state index in [1.165, 1.54) is 25.7 Å². The van der Waals surface area contributed by atoms with Gasteiger partial charge in [-0.2, -0.15) is 0 Å². The van der Waals surface area contributed by atoms with E-state index in [-0.39, 0.29) is 18.6 Å². The lowest BCUT2D eigenvalue weighted by Crippen LogP contribution is -2.42. The van der Waals surface area contributed by atoms with Crippen LogP contribution >= 0.6 is 11.6 Å². The SMILES string of the molecule is CC(NC(=O)COC(=O)c1c2c(nc3ccccc13)/C(=C/c1ccc(Cl)cc1)CC2)C1CC2CCC1C2. The van der Waals surface area contributed by atoms with Crippen LogP contribution in [0.1, 0.15) is 66.2 Å². The van der Waals surface area contributed by atoms with Crippen LogP contribution in [0.4, 0.5) is 0 Å². The van der Waals surface area contributed by atoms with Gasteiger partial charge in [0.1, 0.15) is 0 Å². The second kappa shape index (κ2) is 9.94. The van der Waals surface area contributed by atoms with Crippen LogP contribution in [0.2, 0.25) is 5.02 Å². The van der Waals surface area contributed by atoms with Crippen molar-refractivity contribution in [3.63, 3.8) is 0 Å². The fourth-order valence-corrected chi connectivity index (χ4v) is 6.91. The number of carbonyl (C=O) groups is 2. The van der Waals surface area contributed by atoms with E-state index in [1.54, 1.807) is 0 Å². The van der Waals surface area contributed by atoms with Crippen molar-refractivity contribution < 1.29 is 14.3 Å². The summed E-state index contributed by atoms with van der Waals surface area (Å²) in [6.45, 7) is 1.81. The maximum Gasteiger partial charge on any atom is 0.339 e. The molecular formula is C31H31ClN2O3. The van der Waals surface area contributed by atoms with Gasteiger partial charge in [-0.3, -0.25) is 4.79 Å². The van der Waals surface area contributed by atoms with E-state index in [2.05, 4.69) is 18.3 Å². The van der Waals surface area contributed by atoms with Gasteiger partial charge in [0.2, 0.25) is 0 Å². The Kier molecular flexibility index (Phi) is 6.49. The van der Waals surface area contributed by atoms with Gasteiger partial charge in [0.05, 0.1) is 16.8 Å². The first-order valence-electron chi connectivity index (χ1n) is 13.3. The number of aromatic nitrogens is 1. The molecule has 4 atom stereocenters. The summed E-state index contributed by atoms with van der Waals surface area (Å²) in [4.78, 5) is 31.0. The fraction of sp³-hybridized carbons (Fsp3) is 0.387. The third-order valence-electron chi connectivity index (χ3n) is 8.51. The number of hydrogen-bond acceptors (Lipinski definition) is 4. The summed E-state index contributed by atoms with van der Waals surface area (Å²) in [5.74, 6) is 1.39. The number of halogens is 1. The van der Waals surface area contributed by atoms with Crippen molar-refractivity contribution in [3.05, 3.63) is 75.9 Å². The smallest absolute Gasteiger partial charge is 0.339 e. The molecule has 0 radical (unpaired) electrons. The lowest BCUT2D eigenvalue weighted by Gasteiger charge is -2.28. The number of fused-ring (bicyclic) bond motifs is 4. The average Bonchev–Trinajstić information content (AvgIpc) is 3.64. The number of allylic oxidation sites excluding steroid dienone is 1. The summed E-state index contributed by atoms with van der Waals surface area (Å²) < 4.78 is 5.60. The molecule has 5 nitrogen and oxygen atoms in total. The molecule has 2 saturated carbocycles. The molecule has 4 unspecified atom stereocenters. The number of hydrogen-bond donors (Lipinski definition) is 1. The van der Waals surface area contributed by atoms with E-state index in [0.29, 0.717) is 22.9 Å². The Bertz CT molecular complexity index is 1400. The minimum atomic E-state index is -0.467. The van der Waals surface area contributed by atoms with Crippen molar-refractivity contribution in [2.75, 3.05) is 6.61 Å². The zero-order valence-electron chi connectivity index (χ0n) is 21.0. The van der Waals surface area contributed by atoms with Gasteiger partial charge in [-0.15, -0.1) is 0 Å². The molecule has 6 heteroatoms. The normalized spacial score (nSPS) is 23.8. The first-order valence-corrected chi connectivity index (χ1v) is 13.7. The van der Waals surface area contributed by atoms with Crippen molar-refractivity contribution in [1.82, 2.24) is 10.3 Å². The third kappa shape index (κ3) is 4.77. The van der Waals surface area contributed by atoms with Gasteiger partial charge >= 0.3 is 5.97 Å². The number of ether oxygens (including phenoxy) is 1. The molecule has 3 aliphatic rings. The summed E-state index contributed by atoms with van der Waals surface area (Å²) >= 11 is 6.04. The Labute approximate surface area is 222 Å². The third-order valence-corrected chi connectivity index (χ3v) is 8.77. The molecule has 3 aliphatic carbocycles. The Balaban J connectivity index is 1.21. The molecule has 1 amide bonds. The Morgan fingerprint density at radius 1 is 1.11 bits per heavy atom. The number of rotatable bonds is 6. The predicted octanol–water partition coefficient (Wildman–Crippen LogP) is 6.47.